The fraction of sp³-hybridized carbons (Fsp3) is 0. The van der Waals surface area contributed by atoms with Crippen LogP contribution < -0.4 is 11.1 Å². The molecule has 0 radical (unpaired) electrons. The van der Waals surface area contributed by atoms with Crippen molar-refractivity contribution in [1.82, 2.24) is 0 Å². The maximum absolute atomic E-state index is 13.5. The Balaban J connectivity index is 2.29. The van der Waals surface area contributed by atoms with E-state index in [1.165, 1.54) is 6.07 Å². The van der Waals surface area contributed by atoms with E-state index in [9.17, 15) is 13.6 Å². The molecule has 19 heavy (non-hydrogen) atoms. The number of nitrogen functional groups attached to an aromatic ring is 1. The van der Waals surface area contributed by atoms with Gasteiger partial charge in [0.25, 0.3) is 5.91 Å². The molecule has 98 valence electrons. The molecule has 0 atom stereocenters. The molecule has 0 saturated carbocycles. The van der Waals surface area contributed by atoms with Crippen LogP contribution in [0.25, 0.3) is 0 Å². The lowest BCUT2D eigenvalue weighted by atomic mass is 10.2. The van der Waals surface area contributed by atoms with E-state index < -0.39 is 17.5 Å². The molecular weight excluding hydrogens is 365 g/mol. The maximum atomic E-state index is 13.5. The normalized spacial score (nSPS) is 10.3. The van der Waals surface area contributed by atoms with E-state index in [-0.39, 0.29) is 11.4 Å². The molecule has 1 amide bonds. The van der Waals surface area contributed by atoms with Crippen molar-refractivity contribution in [1.29, 1.82) is 0 Å². The number of rotatable bonds is 2. The summed E-state index contributed by atoms with van der Waals surface area (Å²) in [5.74, 6) is -2.78. The van der Waals surface area contributed by atoms with Crippen molar-refractivity contribution in [3.05, 3.63) is 57.2 Å². The fourth-order valence-corrected chi connectivity index (χ4v) is 1.84. The summed E-state index contributed by atoms with van der Waals surface area (Å²) in [6.45, 7) is 0. The molecule has 0 aliphatic carbocycles. The molecule has 0 aliphatic heterocycles. The highest BCUT2D eigenvalue weighted by Gasteiger charge is 2.15. The van der Waals surface area contributed by atoms with Gasteiger partial charge in [-0.1, -0.05) is 0 Å². The van der Waals surface area contributed by atoms with Crippen molar-refractivity contribution < 1.29 is 13.6 Å². The van der Waals surface area contributed by atoms with Crippen molar-refractivity contribution in [3.63, 3.8) is 0 Å². The van der Waals surface area contributed by atoms with Gasteiger partial charge in [0.05, 0.1) is 5.69 Å². The van der Waals surface area contributed by atoms with Gasteiger partial charge in [-0.2, -0.15) is 0 Å². The van der Waals surface area contributed by atoms with E-state index in [1.54, 1.807) is 24.3 Å². The summed E-state index contributed by atoms with van der Waals surface area (Å²) in [4.78, 5) is 11.9. The largest absolute Gasteiger partial charge is 0.397 e. The SMILES string of the molecule is Nc1ccc(F)c(F)c1NC(=O)c1ccc(I)cc1. The van der Waals surface area contributed by atoms with Crippen LogP contribution in [0.5, 0.6) is 0 Å². The van der Waals surface area contributed by atoms with E-state index in [0.717, 1.165) is 9.64 Å². The molecule has 0 aliphatic rings. The monoisotopic (exact) mass is 374 g/mol. The van der Waals surface area contributed by atoms with Crippen LogP contribution in [0, 0.1) is 15.2 Å². The van der Waals surface area contributed by atoms with Gasteiger partial charge in [0.15, 0.2) is 11.6 Å². The summed E-state index contributed by atoms with van der Waals surface area (Å²) >= 11 is 2.10. The molecule has 2 rings (SSSR count). The first-order valence-electron chi connectivity index (χ1n) is 5.29. The van der Waals surface area contributed by atoms with Gasteiger partial charge in [-0.05, 0) is 59.0 Å². The van der Waals surface area contributed by atoms with Gasteiger partial charge in [-0.25, -0.2) is 8.78 Å². The quantitative estimate of drug-likeness (QED) is 0.626. The Labute approximate surface area is 121 Å². The topological polar surface area (TPSA) is 55.1 Å². The fourth-order valence-electron chi connectivity index (χ4n) is 1.48. The van der Waals surface area contributed by atoms with Gasteiger partial charge in [0.1, 0.15) is 5.69 Å². The van der Waals surface area contributed by atoms with Gasteiger partial charge in [0.2, 0.25) is 0 Å². The number of benzene rings is 2. The lowest BCUT2D eigenvalue weighted by molar-refractivity contribution is 0.102. The molecule has 3 N–H and O–H groups in total. The average molecular weight is 374 g/mol. The van der Waals surface area contributed by atoms with Crippen molar-refractivity contribution in [3.8, 4) is 0 Å². The first-order chi connectivity index (χ1) is 8.99. The van der Waals surface area contributed by atoms with Crippen molar-refractivity contribution in [2.45, 2.75) is 0 Å². The number of nitrogens with one attached hydrogen (secondary N) is 1. The lowest BCUT2D eigenvalue weighted by Crippen LogP contribution is -2.15. The van der Waals surface area contributed by atoms with Crippen LogP contribution in [0.1, 0.15) is 10.4 Å². The molecular formula is C13H9F2IN2O. The van der Waals surface area contributed by atoms with Gasteiger partial charge in [-0.15, -0.1) is 0 Å². The standard InChI is InChI=1S/C13H9F2IN2O/c14-9-5-6-10(17)12(11(9)15)18-13(19)7-1-3-8(16)4-2-7/h1-6H,17H2,(H,18,19). The Bertz CT molecular complexity index is 629. The average Bonchev–Trinajstić information content (AvgIpc) is 2.40. The first-order valence-corrected chi connectivity index (χ1v) is 6.37. The van der Waals surface area contributed by atoms with E-state index >= 15 is 0 Å². The zero-order valence-corrected chi connectivity index (χ0v) is 11.7. The van der Waals surface area contributed by atoms with E-state index in [4.69, 9.17) is 5.73 Å². The molecule has 0 aromatic heterocycles. The molecule has 3 nitrogen and oxygen atoms in total. The Morgan fingerprint density at radius 3 is 2.37 bits per heavy atom. The number of carbonyl (C=O) groups excluding carboxylic acids is 1. The van der Waals surface area contributed by atoms with Crippen molar-refractivity contribution >= 4 is 39.9 Å². The van der Waals surface area contributed by atoms with Gasteiger partial charge in [0, 0.05) is 9.13 Å². The van der Waals surface area contributed by atoms with Crippen LogP contribution in [0.2, 0.25) is 0 Å². The smallest absolute Gasteiger partial charge is 0.255 e. The number of anilines is 2. The van der Waals surface area contributed by atoms with Crippen molar-refractivity contribution in [2.75, 3.05) is 11.1 Å². The Morgan fingerprint density at radius 2 is 1.74 bits per heavy atom. The zero-order valence-electron chi connectivity index (χ0n) is 9.58. The second kappa shape index (κ2) is 5.52. The summed E-state index contributed by atoms with van der Waals surface area (Å²) < 4.78 is 27.6. The van der Waals surface area contributed by atoms with Crippen LogP contribution in [0.3, 0.4) is 0 Å². The third kappa shape index (κ3) is 3.01. The molecule has 0 spiro atoms. The second-order valence-corrected chi connectivity index (χ2v) is 5.03. The Kier molecular flexibility index (Phi) is 3.98. The van der Waals surface area contributed by atoms with Crippen LogP contribution in [0.4, 0.5) is 20.2 Å². The second-order valence-electron chi connectivity index (χ2n) is 3.79. The summed E-state index contributed by atoms with van der Waals surface area (Å²) in [5, 5.41) is 2.27. The minimum atomic E-state index is -1.17. The van der Waals surface area contributed by atoms with E-state index in [2.05, 4.69) is 27.9 Å². The third-order valence-corrected chi connectivity index (χ3v) is 3.19. The number of nitrogens with two attached hydrogens (primary N) is 1. The molecule has 0 heterocycles. The molecule has 0 bridgehead atoms. The highest BCUT2D eigenvalue weighted by atomic mass is 127. The van der Waals surface area contributed by atoms with Crippen LogP contribution >= 0.6 is 22.6 Å². The molecule has 2 aromatic rings. The number of hydrogen-bond donors (Lipinski definition) is 2. The summed E-state index contributed by atoms with van der Waals surface area (Å²) in [6, 6.07) is 8.75. The number of amides is 1. The minimum absolute atomic E-state index is 0.0299. The highest BCUT2D eigenvalue weighted by molar-refractivity contribution is 14.1. The Hall–Kier alpha value is -1.70. The van der Waals surface area contributed by atoms with Crippen molar-refractivity contribution in [2.24, 2.45) is 0 Å². The van der Waals surface area contributed by atoms with E-state index in [1.807, 2.05) is 0 Å². The number of hydrogen-bond acceptors (Lipinski definition) is 2. The predicted molar refractivity (Wildman–Crippen MR) is 77.9 cm³/mol. The van der Waals surface area contributed by atoms with Crippen LogP contribution in [-0.2, 0) is 0 Å². The van der Waals surface area contributed by atoms with Gasteiger partial charge < -0.3 is 11.1 Å². The van der Waals surface area contributed by atoms with Crippen LogP contribution in [0.15, 0.2) is 36.4 Å². The number of halogens is 3. The molecule has 0 saturated heterocycles. The summed E-state index contributed by atoms with van der Waals surface area (Å²) in [5.41, 5.74) is 5.48. The third-order valence-electron chi connectivity index (χ3n) is 2.47. The molecule has 6 heteroatoms. The van der Waals surface area contributed by atoms with Gasteiger partial charge in [-0.3, -0.25) is 4.79 Å². The lowest BCUT2D eigenvalue weighted by Gasteiger charge is -2.09. The number of carbonyl (C=O) groups is 1. The summed E-state index contributed by atoms with van der Waals surface area (Å²) in [7, 11) is 0. The zero-order chi connectivity index (χ0) is 14.0. The summed E-state index contributed by atoms with van der Waals surface area (Å²) in [6.07, 6.45) is 0. The van der Waals surface area contributed by atoms with Gasteiger partial charge >= 0.3 is 0 Å². The molecule has 0 unspecified atom stereocenters. The molecule has 0 fully saturated rings. The van der Waals surface area contributed by atoms with E-state index in [0.29, 0.717) is 5.56 Å². The Morgan fingerprint density at radius 1 is 1.11 bits per heavy atom. The first kappa shape index (κ1) is 13.7. The predicted octanol–water partition coefficient (Wildman–Crippen LogP) is 3.40. The van der Waals surface area contributed by atoms with Crippen LogP contribution in [-0.4, -0.2) is 5.91 Å². The minimum Gasteiger partial charge on any atom is -0.397 e. The molecule has 2 aromatic carbocycles. The maximum Gasteiger partial charge on any atom is 0.255 e. The highest BCUT2D eigenvalue weighted by Crippen LogP contribution is 2.25.